The van der Waals surface area contributed by atoms with E-state index < -0.39 is 10.5 Å². The summed E-state index contributed by atoms with van der Waals surface area (Å²) >= 11 is 0. The number of benzene rings is 1. The highest BCUT2D eigenvalue weighted by atomic mass is 16.6. The molecule has 0 spiro atoms. The number of ketones is 1. The maximum atomic E-state index is 12.3. The van der Waals surface area contributed by atoms with Crippen molar-refractivity contribution in [1.29, 1.82) is 0 Å². The van der Waals surface area contributed by atoms with Crippen molar-refractivity contribution in [1.82, 2.24) is 19.3 Å². The van der Waals surface area contributed by atoms with Crippen molar-refractivity contribution >= 4 is 22.5 Å². The fourth-order valence-electron chi connectivity index (χ4n) is 2.28. The lowest BCUT2D eigenvalue weighted by molar-refractivity contribution is -0.384. The van der Waals surface area contributed by atoms with Gasteiger partial charge in [-0.05, 0) is 13.0 Å². The van der Waals surface area contributed by atoms with Gasteiger partial charge in [0.05, 0.1) is 17.7 Å². The summed E-state index contributed by atoms with van der Waals surface area (Å²) in [6.07, 6.45) is 2.52. The zero-order chi connectivity index (χ0) is 16.6. The first kappa shape index (κ1) is 14.6. The molecule has 2 heterocycles. The van der Waals surface area contributed by atoms with E-state index in [9.17, 15) is 19.7 Å². The number of fused-ring (bicyclic) bond motifs is 1. The minimum atomic E-state index is -0.528. The number of nitro groups is 1. The van der Waals surface area contributed by atoms with Gasteiger partial charge in [0.25, 0.3) is 11.2 Å². The highest BCUT2D eigenvalue weighted by Crippen LogP contribution is 2.23. The van der Waals surface area contributed by atoms with E-state index in [1.54, 1.807) is 12.1 Å². The molecule has 0 radical (unpaired) electrons. The molecule has 9 nitrogen and oxygen atoms in total. The molecule has 116 valence electrons. The Labute approximate surface area is 128 Å². The molecule has 23 heavy (non-hydrogen) atoms. The van der Waals surface area contributed by atoms with E-state index in [2.05, 4.69) is 10.1 Å². The number of hydrogen-bond donors (Lipinski definition) is 0. The Kier molecular flexibility index (Phi) is 3.45. The lowest BCUT2D eigenvalue weighted by Crippen LogP contribution is -2.23. The zero-order valence-corrected chi connectivity index (χ0v) is 12.0. The summed E-state index contributed by atoms with van der Waals surface area (Å²) in [5.41, 5.74) is -0.157. The van der Waals surface area contributed by atoms with Crippen LogP contribution in [-0.2, 0) is 11.3 Å². The molecule has 9 heteroatoms. The summed E-state index contributed by atoms with van der Waals surface area (Å²) in [4.78, 5) is 38.2. The highest BCUT2D eigenvalue weighted by molar-refractivity contribution is 5.78. The topological polar surface area (TPSA) is 113 Å². The summed E-state index contributed by atoms with van der Waals surface area (Å²) in [5.74, 6) is -0.181. The van der Waals surface area contributed by atoms with Crippen LogP contribution in [0.3, 0.4) is 0 Å². The van der Waals surface area contributed by atoms with Crippen molar-refractivity contribution < 1.29 is 9.72 Å². The second-order valence-electron chi connectivity index (χ2n) is 4.92. The van der Waals surface area contributed by atoms with Crippen LogP contribution in [0, 0.1) is 10.1 Å². The second kappa shape index (κ2) is 5.44. The predicted octanol–water partition coefficient (Wildman–Crippen LogP) is 1.08. The molecule has 0 saturated heterocycles. The second-order valence-corrected chi connectivity index (χ2v) is 4.92. The van der Waals surface area contributed by atoms with E-state index in [1.165, 1.54) is 40.8 Å². The molecule has 3 rings (SSSR count). The van der Waals surface area contributed by atoms with E-state index in [0.717, 1.165) is 0 Å². The standard InChI is InChI=1S/C14H11N5O4/c1-9(20)7-17-8-15-13-10(14(17)21)6-16-18(13)11-4-2-3-5-12(11)19(22)23/h2-6,8H,7H2,1H3. The van der Waals surface area contributed by atoms with Crippen molar-refractivity contribution in [2.45, 2.75) is 13.5 Å². The molecule has 0 atom stereocenters. The average Bonchev–Trinajstić information content (AvgIpc) is 2.94. The molecule has 0 aliphatic heterocycles. The third kappa shape index (κ3) is 2.48. The highest BCUT2D eigenvalue weighted by Gasteiger charge is 2.19. The fourth-order valence-corrected chi connectivity index (χ4v) is 2.28. The quantitative estimate of drug-likeness (QED) is 0.526. The van der Waals surface area contributed by atoms with Gasteiger partial charge in [0.1, 0.15) is 23.2 Å². The number of carbonyl (C=O) groups excluding carboxylic acids is 1. The number of nitro benzene ring substituents is 1. The molecule has 0 aliphatic carbocycles. The first-order valence-corrected chi connectivity index (χ1v) is 6.65. The summed E-state index contributed by atoms with van der Waals surface area (Å²) in [5, 5.41) is 15.4. The van der Waals surface area contributed by atoms with Gasteiger partial charge in [-0.25, -0.2) is 9.67 Å². The summed E-state index contributed by atoms with van der Waals surface area (Å²) in [6.45, 7) is 1.28. The minimum absolute atomic E-state index is 0.0849. The number of hydrogen-bond acceptors (Lipinski definition) is 6. The lowest BCUT2D eigenvalue weighted by Gasteiger charge is -2.05. The van der Waals surface area contributed by atoms with Gasteiger partial charge in [-0.15, -0.1) is 0 Å². The van der Waals surface area contributed by atoms with E-state index in [4.69, 9.17) is 0 Å². The van der Waals surface area contributed by atoms with Crippen molar-refractivity contribution in [3.8, 4) is 5.69 Å². The van der Waals surface area contributed by atoms with Crippen LogP contribution in [0.25, 0.3) is 16.7 Å². The Bertz CT molecular complexity index is 988. The fraction of sp³-hybridized carbons (Fsp3) is 0.143. The number of Topliss-reactive ketones (excluding diaryl/α,β-unsaturated/α-hetero) is 1. The van der Waals surface area contributed by atoms with Gasteiger partial charge in [0.2, 0.25) is 0 Å². The third-order valence-corrected chi connectivity index (χ3v) is 3.25. The van der Waals surface area contributed by atoms with E-state index in [0.29, 0.717) is 0 Å². The largest absolute Gasteiger partial charge is 0.298 e. The van der Waals surface area contributed by atoms with E-state index in [1.807, 2.05) is 0 Å². The van der Waals surface area contributed by atoms with Crippen LogP contribution in [0.2, 0.25) is 0 Å². The SMILES string of the molecule is CC(=O)Cn1cnc2c(cnn2-c2ccccc2[N+](=O)[O-])c1=O. The van der Waals surface area contributed by atoms with Gasteiger partial charge < -0.3 is 0 Å². The number of carbonyl (C=O) groups is 1. The minimum Gasteiger partial charge on any atom is -0.298 e. The van der Waals surface area contributed by atoms with E-state index in [-0.39, 0.29) is 34.7 Å². The molecule has 0 saturated carbocycles. The number of para-hydroxylation sites is 2. The molecule has 0 amide bonds. The summed E-state index contributed by atoms with van der Waals surface area (Å²) in [7, 11) is 0. The third-order valence-electron chi connectivity index (χ3n) is 3.25. The number of aromatic nitrogens is 4. The van der Waals surface area contributed by atoms with Crippen molar-refractivity contribution in [2.75, 3.05) is 0 Å². The van der Waals surface area contributed by atoms with Crippen LogP contribution in [0.15, 0.2) is 41.6 Å². The van der Waals surface area contributed by atoms with Gasteiger partial charge in [0.15, 0.2) is 5.65 Å². The van der Waals surface area contributed by atoms with Gasteiger partial charge in [0, 0.05) is 6.07 Å². The molecule has 2 aromatic heterocycles. The van der Waals surface area contributed by atoms with Crippen molar-refractivity contribution in [3.05, 3.63) is 57.3 Å². The monoisotopic (exact) mass is 313 g/mol. The molecule has 0 bridgehead atoms. The number of nitrogens with zero attached hydrogens (tertiary/aromatic N) is 5. The molecular weight excluding hydrogens is 302 g/mol. The Hall–Kier alpha value is -3.36. The molecule has 0 unspecified atom stereocenters. The van der Waals surface area contributed by atoms with E-state index >= 15 is 0 Å². The Morgan fingerprint density at radius 3 is 2.78 bits per heavy atom. The lowest BCUT2D eigenvalue weighted by atomic mass is 10.2. The Morgan fingerprint density at radius 2 is 2.09 bits per heavy atom. The summed E-state index contributed by atoms with van der Waals surface area (Å²) < 4.78 is 2.42. The van der Waals surface area contributed by atoms with Crippen LogP contribution in [0.1, 0.15) is 6.92 Å². The molecule has 0 N–H and O–H groups in total. The maximum absolute atomic E-state index is 12.3. The van der Waals surface area contributed by atoms with Crippen LogP contribution < -0.4 is 5.56 Å². The van der Waals surface area contributed by atoms with Gasteiger partial charge in [-0.2, -0.15) is 5.10 Å². The molecule has 3 aromatic rings. The molecule has 0 fully saturated rings. The molecular formula is C14H11N5O4. The first-order chi connectivity index (χ1) is 11.0. The average molecular weight is 313 g/mol. The zero-order valence-electron chi connectivity index (χ0n) is 12.0. The summed E-state index contributed by atoms with van der Waals surface area (Å²) in [6, 6.07) is 6.04. The molecule has 1 aromatic carbocycles. The first-order valence-electron chi connectivity index (χ1n) is 6.65. The Morgan fingerprint density at radius 1 is 1.35 bits per heavy atom. The van der Waals surface area contributed by atoms with Crippen LogP contribution in [0.4, 0.5) is 5.69 Å². The predicted molar refractivity (Wildman–Crippen MR) is 80.5 cm³/mol. The maximum Gasteiger partial charge on any atom is 0.294 e. The van der Waals surface area contributed by atoms with Crippen LogP contribution >= 0.6 is 0 Å². The van der Waals surface area contributed by atoms with Gasteiger partial charge in [-0.1, -0.05) is 12.1 Å². The van der Waals surface area contributed by atoms with Crippen LogP contribution in [-0.4, -0.2) is 30.0 Å². The van der Waals surface area contributed by atoms with Crippen LogP contribution in [0.5, 0.6) is 0 Å². The smallest absolute Gasteiger partial charge is 0.294 e. The van der Waals surface area contributed by atoms with Gasteiger partial charge in [-0.3, -0.25) is 24.3 Å². The number of rotatable bonds is 4. The normalized spacial score (nSPS) is 10.8. The van der Waals surface area contributed by atoms with Crippen molar-refractivity contribution in [2.24, 2.45) is 0 Å². The molecule has 0 aliphatic rings. The van der Waals surface area contributed by atoms with Crippen molar-refractivity contribution in [3.63, 3.8) is 0 Å². The Balaban J connectivity index is 2.22. The van der Waals surface area contributed by atoms with Gasteiger partial charge >= 0.3 is 0 Å².